The molecule has 0 radical (unpaired) electrons. The summed E-state index contributed by atoms with van der Waals surface area (Å²) < 4.78 is 26.9. The smallest absolute Gasteiger partial charge is 0.241 e. The van der Waals surface area contributed by atoms with Crippen molar-refractivity contribution in [2.24, 2.45) is 0 Å². The fourth-order valence-corrected chi connectivity index (χ4v) is 3.37. The first-order valence-corrected chi connectivity index (χ1v) is 7.89. The molecule has 6 heteroatoms. The lowest BCUT2D eigenvalue weighted by Gasteiger charge is -2.15. The number of benzene rings is 1. The Morgan fingerprint density at radius 3 is 2.42 bits per heavy atom. The van der Waals surface area contributed by atoms with E-state index >= 15 is 0 Å². The Balaban J connectivity index is 3.27. The van der Waals surface area contributed by atoms with E-state index in [1.54, 1.807) is 6.07 Å². The van der Waals surface area contributed by atoms with E-state index in [0.717, 1.165) is 5.56 Å². The van der Waals surface area contributed by atoms with Crippen molar-refractivity contribution in [2.45, 2.75) is 44.6 Å². The molecule has 0 aromatic heterocycles. The van der Waals surface area contributed by atoms with Crippen molar-refractivity contribution in [2.75, 3.05) is 12.3 Å². The van der Waals surface area contributed by atoms with Crippen LogP contribution in [0.1, 0.15) is 31.9 Å². The normalized spacial score (nSPS) is 13.5. The molecule has 1 rings (SSSR count). The molecule has 0 unspecified atom stereocenters. The number of aliphatic hydroxyl groups is 1. The van der Waals surface area contributed by atoms with Crippen LogP contribution in [0.3, 0.4) is 0 Å². The summed E-state index contributed by atoms with van der Waals surface area (Å²) in [5.74, 6) is 0. The lowest BCUT2D eigenvalue weighted by Crippen LogP contribution is -2.31. The van der Waals surface area contributed by atoms with Gasteiger partial charge < -0.3 is 10.8 Å². The van der Waals surface area contributed by atoms with Gasteiger partial charge in [0, 0.05) is 12.2 Å². The van der Waals surface area contributed by atoms with Crippen LogP contribution in [0.25, 0.3) is 0 Å². The zero-order chi connectivity index (χ0) is 14.6. The molecule has 4 N–H and O–H groups in total. The molecule has 0 saturated heterocycles. The summed E-state index contributed by atoms with van der Waals surface area (Å²) in [5, 5.41) is 9.19. The Bertz CT molecular complexity index is 539. The molecule has 108 valence electrons. The van der Waals surface area contributed by atoms with Crippen LogP contribution in [0.5, 0.6) is 0 Å². The highest BCUT2D eigenvalue weighted by atomic mass is 32.2. The van der Waals surface area contributed by atoms with Crippen LogP contribution in [0.2, 0.25) is 0 Å². The molecule has 0 aliphatic heterocycles. The van der Waals surface area contributed by atoms with Crippen LogP contribution in [-0.4, -0.2) is 26.2 Å². The Hall–Kier alpha value is -1.11. The number of rotatable bonds is 6. The number of aryl methyl sites for hydroxylation is 1. The minimum absolute atomic E-state index is 0.0122. The molecule has 1 aromatic carbocycles. The fraction of sp³-hybridized carbons (Fsp3) is 0.538. The predicted molar refractivity (Wildman–Crippen MR) is 76.5 cm³/mol. The maximum absolute atomic E-state index is 12.3. The zero-order valence-corrected chi connectivity index (χ0v) is 12.4. The standard InChI is InChI=1S/C13H22N2O3S/c1-4-10-6-12(14)11(5-2)13(7-10)19(17,18)15-8-9(3)16/h6-7,9,15-16H,4-5,8,14H2,1-3H3/t9-/m1/s1. The van der Waals surface area contributed by atoms with Crippen LogP contribution in [0, 0.1) is 0 Å². The van der Waals surface area contributed by atoms with Gasteiger partial charge in [0.25, 0.3) is 0 Å². The second-order valence-electron chi connectivity index (χ2n) is 4.57. The molecule has 0 saturated carbocycles. The van der Waals surface area contributed by atoms with E-state index in [9.17, 15) is 13.5 Å². The highest BCUT2D eigenvalue weighted by molar-refractivity contribution is 7.89. The van der Waals surface area contributed by atoms with Gasteiger partial charge in [-0.2, -0.15) is 0 Å². The van der Waals surface area contributed by atoms with Gasteiger partial charge in [-0.15, -0.1) is 0 Å². The van der Waals surface area contributed by atoms with Gasteiger partial charge in [-0.3, -0.25) is 0 Å². The second-order valence-corrected chi connectivity index (χ2v) is 6.31. The summed E-state index contributed by atoms with van der Waals surface area (Å²) in [6.45, 7) is 5.33. The monoisotopic (exact) mass is 286 g/mol. The SMILES string of the molecule is CCc1cc(N)c(CC)c(S(=O)(=O)NC[C@@H](C)O)c1. The van der Waals surface area contributed by atoms with Crippen LogP contribution in [-0.2, 0) is 22.9 Å². The highest BCUT2D eigenvalue weighted by Gasteiger charge is 2.20. The first kappa shape index (κ1) is 15.9. The molecule has 0 bridgehead atoms. The van der Waals surface area contributed by atoms with E-state index in [2.05, 4.69) is 4.72 Å². The molecule has 0 heterocycles. The summed E-state index contributed by atoms with van der Waals surface area (Å²) in [5.41, 5.74) is 7.92. The van der Waals surface area contributed by atoms with Crippen molar-refractivity contribution in [3.05, 3.63) is 23.3 Å². The third-order valence-electron chi connectivity index (χ3n) is 2.92. The largest absolute Gasteiger partial charge is 0.398 e. The van der Waals surface area contributed by atoms with Gasteiger partial charge in [0.1, 0.15) is 0 Å². The Morgan fingerprint density at radius 1 is 1.32 bits per heavy atom. The molecule has 19 heavy (non-hydrogen) atoms. The van der Waals surface area contributed by atoms with Gasteiger partial charge in [0.2, 0.25) is 10.0 Å². The van der Waals surface area contributed by atoms with E-state index in [1.165, 1.54) is 6.92 Å². The molecule has 0 fully saturated rings. The van der Waals surface area contributed by atoms with E-state index in [1.807, 2.05) is 19.9 Å². The van der Waals surface area contributed by atoms with Crippen molar-refractivity contribution in [1.29, 1.82) is 0 Å². The molecular formula is C13H22N2O3S. The van der Waals surface area contributed by atoms with Crippen LogP contribution in [0.4, 0.5) is 5.69 Å². The topological polar surface area (TPSA) is 92.4 Å². The Kier molecular flexibility index (Phi) is 5.34. The Morgan fingerprint density at radius 2 is 1.95 bits per heavy atom. The van der Waals surface area contributed by atoms with Gasteiger partial charge in [0.05, 0.1) is 11.0 Å². The fourth-order valence-electron chi connectivity index (χ4n) is 1.86. The number of nitrogen functional groups attached to an aromatic ring is 1. The third-order valence-corrected chi connectivity index (χ3v) is 4.41. The minimum atomic E-state index is -3.64. The number of sulfonamides is 1. The number of hydrogen-bond donors (Lipinski definition) is 3. The predicted octanol–water partition coefficient (Wildman–Crippen LogP) is 1.05. The van der Waals surface area contributed by atoms with E-state index < -0.39 is 16.1 Å². The summed E-state index contributed by atoms with van der Waals surface area (Å²) in [7, 11) is -3.64. The van der Waals surface area contributed by atoms with Crippen molar-refractivity contribution >= 4 is 15.7 Å². The molecule has 0 spiro atoms. The lowest BCUT2D eigenvalue weighted by molar-refractivity contribution is 0.198. The summed E-state index contributed by atoms with van der Waals surface area (Å²) >= 11 is 0. The third kappa shape index (κ3) is 3.92. The van der Waals surface area contributed by atoms with Crippen LogP contribution < -0.4 is 10.5 Å². The van der Waals surface area contributed by atoms with Crippen molar-refractivity contribution in [1.82, 2.24) is 4.72 Å². The maximum atomic E-state index is 12.3. The van der Waals surface area contributed by atoms with Crippen LogP contribution >= 0.6 is 0 Å². The molecule has 0 amide bonds. The van der Waals surface area contributed by atoms with Crippen molar-refractivity contribution in [3.8, 4) is 0 Å². The van der Waals surface area contributed by atoms with Crippen molar-refractivity contribution in [3.63, 3.8) is 0 Å². The number of nitrogens with one attached hydrogen (secondary N) is 1. The number of nitrogens with two attached hydrogens (primary N) is 1. The molecule has 1 aromatic rings. The van der Waals surface area contributed by atoms with E-state index in [-0.39, 0.29) is 11.4 Å². The van der Waals surface area contributed by atoms with E-state index in [4.69, 9.17) is 5.73 Å². The van der Waals surface area contributed by atoms with E-state index in [0.29, 0.717) is 24.1 Å². The van der Waals surface area contributed by atoms with Gasteiger partial charge in [-0.05, 0) is 43.0 Å². The summed E-state index contributed by atoms with van der Waals surface area (Å²) in [6.07, 6.45) is 0.528. The van der Waals surface area contributed by atoms with Gasteiger partial charge in [-0.25, -0.2) is 13.1 Å². The van der Waals surface area contributed by atoms with Gasteiger partial charge in [-0.1, -0.05) is 13.8 Å². The summed E-state index contributed by atoms with van der Waals surface area (Å²) in [4.78, 5) is 0.215. The average molecular weight is 286 g/mol. The number of hydrogen-bond acceptors (Lipinski definition) is 4. The first-order chi connectivity index (χ1) is 8.81. The Labute approximate surface area is 114 Å². The molecule has 0 aliphatic rings. The molecule has 5 nitrogen and oxygen atoms in total. The maximum Gasteiger partial charge on any atom is 0.241 e. The van der Waals surface area contributed by atoms with Gasteiger partial charge in [0.15, 0.2) is 0 Å². The average Bonchev–Trinajstić information content (AvgIpc) is 2.35. The molecule has 1 atom stereocenters. The minimum Gasteiger partial charge on any atom is -0.398 e. The lowest BCUT2D eigenvalue weighted by atomic mass is 10.1. The molecule has 0 aliphatic carbocycles. The highest BCUT2D eigenvalue weighted by Crippen LogP contribution is 2.25. The number of anilines is 1. The number of aliphatic hydroxyl groups excluding tert-OH is 1. The zero-order valence-electron chi connectivity index (χ0n) is 11.6. The van der Waals surface area contributed by atoms with Crippen LogP contribution in [0.15, 0.2) is 17.0 Å². The second kappa shape index (κ2) is 6.36. The van der Waals surface area contributed by atoms with Gasteiger partial charge >= 0.3 is 0 Å². The quantitative estimate of drug-likeness (QED) is 0.682. The first-order valence-electron chi connectivity index (χ1n) is 6.40. The van der Waals surface area contributed by atoms with Crippen molar-refractivity contribution < 1.29 is 13.5 Å². The molecular weight excluding hydrogens is 264 g/mol. The summed E-state index contributed by atoms with van der Waals surface area (Å²) in [6, 6.07) is 3.46.